The van der Waals surface area contributed by atoms with Crippen LogP contribution in [0.15, 0.2) is 73.1 Å². The molecule has 4 rings (SSSR count). The van der Waals surface area contributed by atoms with E-state index >= 15 is 0 Å². The van der Waals surface area contributed by atoms with Crippen LogP contribution in [-0.4, -0.2) is 45.2 Å². The van der Waals surface area contributed by atoms with E-state index in [9.17, 15) is 9.59 Å². The van der Waals surface area contributed by atoms with Gasteiger partial charge in [0.2, 0.25) is 5.91 Å². The Kier molecular flexibility index (Phi) is 7.22. The number of fused-ring (bicyclic) bond motifs is 1. The Morgan fingerprint density at radius 3 is 2.26 bits per heavy atom. The Balaban J connectivity index is 1.50. The molecule has 0 aliphatic rings. The van der Waals surface area contributed by atoms with Crippen molar-refractivity contribution in [2.45, 2.75) is 12.8 Å². The molecule has 0 saturated heterocycles. The van der Waals surface area contributed by atoms with Crippen molar-refractivity contribution >= 4 is 22.7 Å². The van der Waals surface area contributed by atoms with Crippen molar-refractivity contribution in [1.29, 1.82) is 0 Å². The highest BCUT2D eigenvalue weighted by Crippen LogP contribution is 2.27. The number of aryl methyl sites for hydroxylation is 1. The predicted molar refractivity (Wildman–Crippen MR) is 128 cm³/mol. The molecule has 4 aromatic rings. The maximum absolute atomic E-state index is 12.2. The monoisotopic (exact) mass is 456 g/mol. The average molecular weight is 457 g/mol. The molecule has 2 heterocycles. The van der Waals surface area contributed by atoms with Gasteiger partial charge in [0.1, 0.15) is 6.61 Å². The molecule has 0 aliphatic carbocycles. The van der Waals surface area contributed by atoms with Crippen LogP contribution in [-0.2, 0) is 11.2 Å². The van der Waals surface area contributed by atoms with Crippen molar-refractivity contribution in [2.24, 2.45) is 0 Å². The molecular weight excluding hydrogens is 432 g/mol. The van der Waals surface area contributed by atoms with Crippen molar-refractivity contribution < 1.29 is 19.9 Å². The number of carbonyl (C=O) groups is 2. The molecule has 2 aromatic heterocycles. The molecule has 0 radical (unpaired) electrons. The molecular formula is C26H24N4O4. The molecule has 0 saturated carbocycles. The maximum atomic E-state index is 12.2. The highest BCUT2D eigenvalue weighted by molar-refractivity contribution is 6.06. The molecule has 0 aliphatic heterocycles. The summed E-state index contributed by atoms with van der Waals surface area (Å²) in [4.78, 5) is 31.9. The van der Waals surface area contributed by atoms with Crippen LogP contribution in [0.3, 0.4) is 0 Å². The van der Waals surface area contributed by atoms with Gasteiger partial charge in [0, 0.05) is 29.9 Å². The van der Waals surface area contributed by atoms with Crippen LogP contribution in [0.25, 0.3) is 33.3 Å². The number of aliphatic hydroxyl groups is 1. The smallest absolute Gasteiger partial charge is 0.275 e. The van der Waals surface area contributed by atoms with E-state index in [2.05, 4.69) is 39.6 Å². The Bertz CT molecular complexity index is 1300. The Morgan fingerprint density at radius 1 is 0.912 bits per heavy atom. The van der Waals surface area contributed by atoms with Crippen molar-refractivity contribution in [3.63, 3.8) is 0 Å². The minimum Gasteiger partial charge on any atom is -0.387 e. The summed E-state index contributed by atoms with van der Waals surface area (Å²) in [5.41, 5.74) is 7.35. The van der Waals surface area contributed by atoms with Crippen LogP contribution in [0.2, 0.25) is 0 Å². The molecule has 0 atom stereocenters. The number of aliphatic hydroxyl groups excluding tert-OH is 1. The predicted octanol–water partition coefficient (Wildman–Crippen LogP) is 3.12. The van der Waals surface area contributed by atoms with Crippen molar-refractivity contribution in [3.8, 4) is 22.4 Å². The number of nitrogens with one attached hydrogen (secondary N) is 2. The molecule has 0 fully saturated rings. The first kappa shape index (κ1) is 23.0. The van der Waals surface area contributed by atoms with Gasteiger partial charge in [-0.15, -0.1) is 0 Å². The zero-order valence-electron chi connectivity index (χ0n) is 18.4. The van der Waals surface area contributed by atoms with E-state index in [1.807, 2.05) is 24.3 Å². The molecule has 34 heavy (non-hydrogen) atoms. The van der Waals surface area contributed by atoms with Gasteiger partial charge in [0.25, 0.3) is 5.91 Å². The van der Waals surface area contributed by atoms with E-state index in [0.29, 0.717) is 28.7 Å². The number of nitrogens with zero attached hydrogens (tertiary/aromatic N) is 2. The normalized spacial score (nSPS) is 10.8. The molecule has 0 bridgehead atoms. The lowest BCUT2D eigenvalue weighted by atomic mass is 9.99. The maximum Gasteiger partial charge on any atom is 0.275 e. The number of aromatic nitrogens is 2. The number of hydroxylamine groups is 1. The van der Waals surface area contributed by atoms with Crippen molar-refractivity contribution in [2.75, 3.05) is 13.2 Å². The van der Waals surface area contributed by atoms with Gasteiger partial charge in [-0.25, -0.2) is 10.5 Å². The summed E-state index contributed by atoms with van der Waals surface area (Å²) in [6.45, 7) is 0.0463. The molecule has 4 N–H and O–H groups in total. The van der Waals surface area contributed by atoms with Crippen molar-refractivity contribution in [1.82, 2.24) is 20.8 Å². The first-order valence-electron chi connectivity index (χ1n) is 10.9. The summed E-state index contributed by atoms with van der Waals surface area (Å²) in [6, 6.07) is 19.5. The topological polar surface area (TPSA) is 124 Å². The lowest BCUT2D eigenvalue weighted by Crippen LogP contribution is -2.27. The number of pyridine rings is 2. The zero-order chi connectivity index (χ0) is 23.9. The molecule has 2 amide bonds. The van der Waals surface area contributed by atoms with Gasteiger partial charge in [-0.3, -0.25) is 19.8 Å². The summed E-state index contributed by atoms with van der Waals surface area (Å²) in [6.07, 6.45) is 4.79. The fourth-order valence-corrected chi connectivity index (χ4v) is 3.74. The van der Waals surface area contributed by atoms with Gasteiger partial charge in [-0.2, -0.15) is 0 Å². The van der Waals surface area contributed by atoms with Crippen LogP contribution >= 0.6 is 0 Å². The summed E-state index contributed by atoms with van der Waals surface area (Å²) in [7, 11) is 0. The van der Waals surface area contributed by atoms with Crippen LogP contribution in [0.4, 0.5) is 0 Å². The lowest BCUT2D eigenvalue weighted by Gasteiger charge is -2.09. The van der Waals surface area contributed by atoms with Crippen molar-refractivity contribution in [3.05, 3.63) is 84.2 Å². The third kappa shape index (κ3) is 5.25. The third-order valence-electron chi connectivity index (χ3n) is 5.53. The number of hydrogen-bond donors (Lipinski definition) is 4. The SMILES string of the molecule is O=C(CO)NCCCc1ccc(-c2ccc(-c3cc(C(=O)NO)c4cnccc4n3)cc2)cc1. The highest BCUT2D eigenvalue weighted by Gasteiger charge is 2.14. The van der Waals surface area contributed by atoms with E-state index in [1.54, 1.807) is 30.0 Å². The molecule has 0 unspecified atom stereocenters. The van der Waals surface area contributed by atoms with Gasteiger partial charge in [0.15, 0.2) is 0 Å². The highest BCUT2D eigenvalue weighted by atomic mass is 16.5. The van der Waals surface area contributed by atoms with Crippen LogP contribution < -0.4 is 10.8 Å². The summed E-state index contributed by atoms with van der Waals surface area (Å²) < 4.78 is 0. The third-order valence-corrected chi connectivity index (χ3v) is 5.53. The number of hydrogen-bond acceptors (Lipinski definition) is 6. The second kappa shape index (κ2) is 10.7. The molecule has 8 nitrogen and oxygen atoms in total. The standard InChI is InChI=1S/C26H24N4O4/c31-16-25(32)28-12-1-2-17-3-5-18(6-4-17)19-7-9-20(10-8-19)24-14-21(26(33)30-34)22-15-27-13-11-23(22)29-24/h3-11,13-15,31,34H,1-2,12,16H2,(H,28,32)(H,30,33). The van der Waals surface area contributed by atoms with Gasteiger partial charge in [0.05, 0.1) is 16.8 Å². The number of rotatable bonds is 8. The van der Waals surface area contributed by atoms with E-state index in [-0.39, 0.29) is 5.91 Å². The van der Waals surface area contributed by atoms with Gasteiger partial charge < -0.3 is 10.4 Å². The van der Waals surface area contributed by atoms with E-state index < -0.39 is 12.5 Å². The summed E-state index contributed by atoms with van der Waals surface area (Å²) in [5, 5.41) is 21.0. The summed E-state index contributed by atoms with van der Waals surface area (Å²) in [5.74, 6) is -0.975. The quantitative estimate of drug-likeness (QED) is 0.183. The molecule has 0 spiro atoms. The molecule has 2 aromatic carbocycles. The van der Waals surface area contributed by atoms with Crippen LogP contribution in [0.1, 0.15) is 22.3 Å². The second-order valence-corrected chi connectivity index (χ2v) is 7.77. The van der Waals surface area contributed by atoms with Crippen LogP contribution in [0.5, 0.6) is 0 Å². The van der Waals surface area contributed by atoms with Gasteiger partial charge in [-0.05, 0) is 41.7 Å². The number of benzene rings is 2. The van der Waals surface area contributed by atoms with E-state index in [0.717, 1.165) is 29.5 Å². The first-order chi connectivity index (χ1) is 16.6. The largest absolute Gasteiger partial charge is 0.387 e. The number of amides is 2. The first-order valence-corrected chi connectivity index (χ1v) is 10.9. The zero-order valence-corrected chi connectivity index (χ0v) is 18.4. The second-order valence-electron chi connectivity index (χ2n) is 7.77. The number of carbonyl (C=O) groups excluding carboxylic acids is 2. The summed E-state index contributed by atoms with van der Waals surface area (Å²) >= 11 is 0. The Hall–Kier alpha value is -4.14. The van der Waals surface area contributed by atoms with E-state index in [1.165, 1.54) is 5.56 Å². The molecule has 172 valence electrons. The molecule has 8 heteroatoms. The van der Waals surface area contributed by atoms with Crippen LogP contribution in [0, 0.1) is 0 Å². The lowest BCUT2D eigenvalue weighted by molar-refractivity contribution is -0.123. The average Bonchev–Trinajstić information content (AvgIpc) is 2.90. The Labute approximate surface area is 196 Å². The van der Waals surface area contributed by atoms with Gasteiger partial charge in [-0.1, -0.05) is 48.5 Å². The fourth-order valence-electron chi connectivity index (χ4n) is 3.74. The Morgan fingerprint density at radius 2 is 1.59 bits per heavy atom. The minimum atomic E-state index is -0.617. The fraction of sp³-hybridized carbons (Fsp3) is 0.154. The minimum absolute atomic E-state index is 0.297. The van der Waals surface area contributed by atoms with Gasteiger partial charge >= 0.3 is 0 Å². The van der Waals surface area contributed by atoms with E-state index in [4.69, 9.17) is 10.3 Å².